The molecule has 0 bridgehead atoms. The van der Waals surface area contributed by atoms with Crippen LogP contribution in [0.4, 0.5) is 4.79 Å². The predicted octanol–water partition coefficient (Wildman–Crippen LogP) is 3.28. The highest BCUT2D eigenvalue weighted by Crippen LogP contribution is 2.22. The van der Waals surface area contributed by atoms with Gasteiger partial charge in [0, 0.05) is 32.1 Å². The average Bonchev–Trinajstić information content (AvgIpc) is 3.04. The molecule has 160 valence electrons. The SMILES string of the molecule is CCCN(CCNC(=NC)NCc1ncc(C(C)(C)C)o1)C(=O)OC(C)(C)C. The number of amides is 1. The maximum Gasteiger partial charge on any atom is 0.410 e. The standard InChI is InChI=1S/C20H37N5O3/c1-9-11-25(18(26)28-20(5,6)7)12-10-22-17(21-8)24-14-16-23-13-15(27-16)19(2,3)4/h13H,9-12,14H2,1-8H3,(H2,21,22,24). The third-order valence-corrected chi connectivity index (χ3v) is 3.74. The molecule has 1 aromatic heterocycles. The van der Waals surface area contributed by atoms with Crippen molar-refractivity contribution in [1.82, 2.24) is 20.5 Å². The van der Waals surface area contributed by atoms with E-state index in [2.05, 4.69) is 41.4 Å². The second kappa shape index (κ2) is 10.3. The number of ether oxygens (including phenoxy) is 1. The summed E-state index contributed by atoms with van der Waals surface area (Å²) in [6, 6.07) is 0. The van der Waals surface area contributed by atoms with Crippen LogP contribution in [-0.4, -0.2) is 54.2 Å². The van der Waals surface area contributed by atoms with Crippen molar-refractivity contribution < 1.29 is 13.9 Å². The molecule has 1 amide bonds. The van der Waals surface area contributed by atoms with Crippen molar-refractivity contribution in [1.29, 1.82) is 0 Å². The zero-order chi connectivity index (χ0) is 21.4. The molecule has 0 saturated heterocycles. The Labute approximate surface area is 169 Å². The number of nitrogens with one attached hydrogen (secondary N) is 2. The number of hydrogen-bond donors (Lipinski definition) is 2. The Morgan fingerprint density at radius 3 is 2.39 bits per heavy atom. The number of nitrogens with zero attached hydrogens (tertiary/aromatic N) is 3. The lowest BCUT2D eigenvalue weighted by atomic mass is 9.94. The van der Waals surface area contributed by atoms with Gasteiger partial charge in [-0.1, -0.05) is 27.7 Å². The highest BCUT2D eigenvalue weighted by molar-refractivity contribution is 5.79. The summed E-state index contributed by atoms with van der Waals surface area (Å²) in [5, 5.41) is 6.37. The summed E-state index contributed by atoms with van der Waals surface area (Å²) in [5.41, 5.74) is -0.578. The molecule has 0 aliphatic heterocycles. The van der Waals surface area contributed by atoms with Gasteiger partial charge in [0.2, 0.25) is 5.89 Å². The first-order chi connectivity index (χ1) is 13.0. The third-order valence-electron chi connectivity index (χ3n) is 3.74. The van der Waals surface area contributed by atoms with Crippen molar-refractivity contribution in [2.45, 2.75) is 72.4 Å². The Bertz CT molecular complexity index is 641. The summed E-state index contributed by atoms with van der Waals surface area (Å²) < 4.78 is 11.2. The summed E-state index contributed by atoms with van der Waals surface area (Å²) >= 11 is 0. The zero-order valence-electron chi connectivity index (χ0n) is 18.7. The van der Waals surface area contributed by atoms with Gasteiger partial charge in [0.25, 0.3) is 0 Å². The van der Waals surface area contributed by atoms with Crippen molar-refractivity contribution in [2.75, 3.05) is 26.7 Å². The van der Waals surface area contributed by atoms with E-state index in [0.29, 0.717) is 38.0 Å². The van der Waals surface area contributed by atoms with Crippen LogP contribution in [0.3, 0.4) is 0 Å². The van der Waals surface area contributed by atoms with Crippen LogP contribution in [-0.2, 0) is 16.7 Å². The molecule has 0 saturated carbocycles. The first-order valence-corrected chi connectivity index (χ1v) is 9.84. The molecule has 0 radical (unpaired) electrons. The van der Waals surface area contributed by atoms with E-state index in [4.69, 9.17) is 9.15 Å². The van der Waals surface area contributed by atoms with E-state index in [-0.39, 0.29) is 11.5 Å². The van der Waals surface area contributed by atoms with E-state index >= 15 is 0 Å². The predicted molar refractivity (Wildman–Crippen MR) is 112 cm³/mol. The molecule has 8 heteroatoms. The van der Waals surface area contributed by atoms with Crippen molar-refractivity contribution in [3.05, 3.63) is 17.8 Å². The van der Waals surface area contributed by atoms with Gasteiger partial charge in [-0.15, -0.1) is 0 Å². The van der Waals surface area contributed by atoms with Crippen LogP contribution in [0.15, 0.2) is 15.6 Å². The van der Waals surface area contributed by atoms with Crippen LogP contribution in [0.1, 0.15) is 66.5 Å². The smallest absolute Gasteiger partial charge is 0.410 e. The van der Waals surface area contributed by atoms with Gasteiger partial charge < -0.3 is 24.7 Å². The van der Waals surface area contributed by atoms with E-state index in [9.17, 15) is 4.79 Å². The van der Waals surface area contributed by atoms with Crippen molar-refractivity contribution in [3.63, 3.8) is 0 Å². The topological polar surface area (TPSA) is 92.0 Å². The molecule has 0 atom stereocenters. The van der Waals surface area contributed by atoms with Gasteiger partial charge >= 0.3 is 6.09 Å². The first kappa shape index (κ1) is 23.8. The molecule has 0 spiro atoms. The fourth-order valence-corrected chi connectivity index (χ4v) is 2.32. The minimum absolute atomic E-state index is 0.0738. The number of aliphatic imine (C=N–C) groups is 1. The lowest BCUT2D eigenvalue weighted by molar-refractivity contribution is 0.0253. The number of carbonyl (C=O) groups excluding carboxylic acids is 1. The van der Waals surface area contributed by atoms with Gasteiger partial charge in [-0.25, -0.2) is 9.78 Å². The van der Waals surface area contributed by atoms with E-state index in [0.717, 1.165) is 12.2 Å². The van der Waals surface area contributed by atoms with Gasteiger partial charge in [-0.2, -0.15) is 0 Å². The molecule has 0 aliphatic carbocycles. The second-order valence-corrected chi connectivity index (χ2v) is 8.69. The summed E-state index contributed by atoms with van der Waals surface area (Å²) in [7, 11) is 1.70. The molecule has 0 unspecified atom stereocenters. The molecule has 0 aromatic carbocycles. The minimum Gasteiger partial charge on any atom is -0.444 e. The lowest BCUT2D eigenvalue weighted by Crippen LogP contribution is -2.44. The Hall–Kier alpha value is -2.25. The van der Waals surface area contributed by atoms with Crippen molar-refractivity contribution in [3.8, 4) is 0 Å². The zero-order valence-corrected chi connectivity index (χ0v) is 18.7. The van der Waals surface area contributed by atoms with Crippen LogP contribution < -0.4 is 10.6 Å². The molecule has 1 rings (SSSR count). The van der Waals surface area contributed by atoms with Crippen LogP contribution in [0.5, 0.6) is 0 Å². The Morgan fingerprint density at radius 1 is 1.21 bits per heavy atom. The third kappa shape index (κ3) is 8.63. The van der Waals surface area contributed by atoms with Gasteiger partial charge in [0.15, 0.2) is 5.96 Å². The summed E-state index contributed by atoms with van der Waals surface area (Å²) in [5.74, 6) is 2.07. The monoisotopic (exact) mass is 395 g/mol. The summed E-state index contributed by atoms with van der Waals surface area (Å²) in [6.45, 7) is 16.0. The number of rotatable bonds is 7. The van der Waals surface area contributed by atoms with Crippen LogP contribution >= 0.6 is 0 Å². The molecule has 28 heavy (non-hydrogen) atoms. The molecule has 0 fully saturated rings. The van der Waals surface area contributed by atoms with Crippen LogP contribution in [0.25, 0.3) is 0 Å². The highest BCUT2D eigenvalue weighted by atomic mass is 16.6. The van der Waals surface area contributed by atoms with Crippen molar-refractivity contribution >= 4 is 12.1 Å². The maximum absolute atomic E-state index is 12.3. The minimum atomic E-state index is -0.504. The fraction of sp³-hybridized carbons (Fsp3) is 0.750. The Kier molecular flexibility index (Phi) is 8.78. The first-order valence-electron chi connectivity index (χ1n) is 9.84. The van der Waals surface area contributed by atoms with Gasteiger partial charge in [0.1, 0.15) is 11.4 Å². The normalized spacial score (nSPS) is 12.6. The summed E-state index contributed by atoms with van der Waals surface area (Å²) in [4.78, 5) is 22.5. The molecule has 2 N–H and O–H groups in total. The van der Waals surface area contributed by atoms with E-state index in [1.807, 2.05) is 27.7 Å². The van der Waals surface area contributed by atoms with E-state index < -0.39 is 5.60 Å². The van der Waals surface area contributed by atoms with E-state index in [1.165, 1.54) is 0 Å². The average molecular weight is 396 g/mol. The second-order valence-electron chi connectivity index (χ2n) is 8.69. The molecule has 8 nitrogen and oxygen atoms in total. The molecular weight excluding hydrogens is 358 g/mol. The highest BCUT2D eigenvalue weighted by Gasteiger charge is 2.21. The maximum atomic E-state index is 12.3. The lowest BCUT2D eigenvalue weighted by Gasteiger charge is -2.27. The quantitative estimate of drug-likeness (QED) is 0.544. The number of oxazole rings is 1. The molecular formula is C20H37N5O3. The van der Waals surface area contributed by atoms with E-state index in [1.54, 1.807) is 18.1 Å². The Morgan fingerprint density at radius 2 is 1.89 bits per heavy atom. The van der Waals surface area contributed by atoms with Gasteiger partial charge in [-0.05, 0) is 27.2 Å². The number of guanidine groups is 1. The number of carbonyl (C=O) groups is 1. The largest absolute Gasteiger partial charge is 0.444 e. The van der Waals surface area contributed by atoms with Crippen LogP contribution in [0, 0.1) is 0 Å². The van der Waals surface area contributed by atoms with Gasteiger partial charge in [0.05, 0.1) is 12.7 Å². The van der Waals surface area contributed by atoms with Crippen LogP contribution in [0.2, 0.25) is 0 Å². The molecule has 1 heterocycles. The number of aromatic nitrogens is 1. The van der Waals surface area contributed by atoms with Crippen molar-refractivity contribution in [2.24, 2.45) is 4.99 Å². The molecule has 1 aromatic rings. The Balaban J connectivity index is 2.49. The molecule has 0 aliphatic rings. The van der Waals surface area contributed by atoms with Gasteiger partial charge in [-0.3, -0.25) is 4.99 Å². The summed E-state index contributed by atoms with van der Waals surface area (Å²) in [6.07, 6.45) is 2.33. The fourth-order valence-electron chi connectivity index (χ4n) is 2.32. The number of hydrogen-bond acceptors (Lipinski definition) is 5.